The summed E-state index contributed by atoms with van der Waals surface area (Å²) in [5.74, 6) is -0.714. The van der Waals surface area contributed by atoms with Crippen LogP contribution in [0.2, 0.25) is 0 Å². The van der Waals surface area contributed by atoms with Gasteiger partial charge in [-0.2, -0.15) is 0 Å². The molecular formula is C13H13NO5. The molecule has 2 rings (SSSR count). The van der Waals surface area contributed by atoms with Crippen LogP contribution in [0.3, 0.4) is 0 Å². The molecule has 0 aliphatic carbocycles. The molecule has 19 heavy (non-hydrogen) atoms. The number of aromatic carboxylic acids is 1. The number of hydrogen-bond donors (Lipinski definition) is 1. The summed E-state index contributed by atoms with van der Waals surface area (Å²) in [5.41, 5.74) is 2.05. The van der Waals surface area contributed by atoms with E-state index in [4.69, 9.17) is 19.1 Å². The number of ether oxygens (including phenoxy) is 2. The SMILES string of the molecule is COCc1cc(OC)cc(-c2cc(C(=O)O)on2)c1. The molecule has 0 saturated heterocycles. The second-order valence-corrected chi connectivity index (χ2v) is 3.88. The molecule has 0 fully saturated rings. The van der Waals surface area contributed by atoms with Crippen molar-refractivity contribution in [3.8, 4) is 17.0 Å². The average Bonchev–Trinajstić information content (AvgIpc) is 2.88. The molecule has 1 N–H and O–H groups in total. The van der Waals surface area contributed by atoms with E-state index in [-0.39, 0.29) is 5.76 Å². The first-order valence-corrected chi connectivity index (χ1v) is 5.51. The Hall–Kier alpha value is -2.34. The highest BCUT2D eigenvalue weighted by Gasteiger charge is 2.13. The van der Waals surface area contributed by atoms with Crippen LogP contribution in [0.4, 0.5) is 0 Å². The Balaban J connectivity index is 2.41. The van der Waals surface area contributed by atoms with Gasteiger partial charge >= 0.3 is 5.97 Å². The van der Waals surface area contributed by atoms with Gasteiger partial charge in [0, 0.05) is 18.7 Å². The van der Waals surface area contributed by atoms with Crippen LogP contribution in [0.1, 0.15) is 16.1 Å². The van der Waals surface area contributed by atoms with E-state index in [1.165, 1.54) is 6.07 Å². The molecule has 100 valence electrons. The van der Waals surface area contributed by atoms with Crippen molar-refractivity contribution in [2.75, 3.05) is 14.2 Å². The van der Waals surface area contributed by atoms with E-state index in [2.05, 4.69) is 5.16 Å². The summed E-state index contributed by atoms with van der Waals surface area (Å²) in [7, 11) is 3.15. The van der Waals surface area contributed by atoms with E-state index in [9.17, 15) is 4.79 Å². The topological polar surface area (TPSA) is 81.8 Å². The van der Waals surface area contributed by atoms with E-state index in [1.807, 2.05) is 12.1 Å². The minimum atomic E-state index is -1.15. The third kappa shape index (κ3) is 2.92. The standard InChI is InChI=1S/C13H13NO5/c1-17-7-8-3-9(5-10(4-8)18-2)11-6-12(13(15)16)19-14-11/h3-6H,7H2,1-2H3,(H,15,16). The van der Waals surface area contributed by atoms with Gasteiger partial charge in [0.05, 0.1) is 13.7 Å². The molecule has 1 heterocycles. The summed E-state index contributed by atoms with van der Waals surface area (Å²) in [6, 6.07) is 6.80. The van der Waals surface area contributed by atoms with Crippen LogP contribution in [-0.4, -0.2) is 30.5 Å². The molecule has 0 radical (unpaired) electrons. The Morgan fingerprint density at radius 2 is 2.11 bits per heavy atom. The molecular weight excluding hydrogens is 250 g/mol. The first-order valence-electron chi connectivity index (χ1n) is 5.51. The van der Waals surface area contributed by atoms with Crippen molar-refractivity contribution in [1.82, 2.24) is 5.16 Å². The van der Waals surface area contributed by atoms with Gasteiger partial charge in [-0.3, -0.25) is 0 Å². The minimum Gasteiger partial charge on any atom is -0.497 e. The van der Waals surface area contributed by atoms with Crippen molar-refractivity contribution in [2.45, 2.75) is 6.61 Å². The lowest BCUT2D eigenvalue weighted by atomic mass is 10.1. The number of methoxy groups -OCH3 is 2. The van der Waals surface area contributed by atoms with Crippen LogP contribution in [0, 0.1) is 0 Å². The van der Waals surface area contributed by atoms with Crippen molar-refractivity contribution in [1.29, 1.82) is 0 Å². The Kier molecular flexibility index (Phi) is 3.82. The van der Waals surface area contributed by atoms with Crippen molar-refractivity contribution >= 4 is 5.97 Å². The summed E-state index contributed by atoms with van der Waals surface area (Å²) in [4.78, 5) is 10.8. The molecule has 0 atom stereocenters. The van der Waals surface area contributed by atoms with Gasteiger partial charge in [-0.15, -0.1) is 0 Å². The molecule has 1 aromatic heterocycles. The fraction of sp³-hybridized carbons (Fsp3) is 0.231. The molecule has 0 unspecified atom stereocenters. The van der Waals surface area contributed by atoms with Gasteiger partial charge in [0.15, 0.2) is 0 Å². The minimum absolute atomic E-state index is 0.203. The van der Waals surface area contributed by atoms with Crippen molar-refractivity contribution in [3.05, 3.63) is 35.6 Å². The highest BCUT2D eigenvalue weighted by molar-refractivity contribution is 5.85. The zero-order valence-corrected chi connectivity index (χ0v) is 10.5. The van der Waals surface area contributed by atoms with Crippen LogP contribution < -0.4 is 4.74 Å². The van der Waals surface area contributed by atoms with E-state index in [0.717, 1.165) is 5.56 Å². The van der Waals surface area contributed by atoms with Crippen LogP contribution >= 0.6 is 0 Å². The molecule has 1 aromatic carbocycles. The number of aromatic nitrogens is 1. The lowest BCUT2D eigenvalue weighted by Crippen LogP contribution is -1.92. The monoisotopic (exact) mass is 263 g/mol. The normalized spacial score (nSPS) is 10.4. The molecule has 0 spiro atoms. The van der Waals surface area contributed by atoms with Gasteiger partial charge in [0.2, 0.25) is 5.76 Å². The smallest absolute Gasteiger partial charge is 0.374 e. The second-order valence-electron chi connectivity index (χ2n) is 3.88. The Labute approximate surface area is 109 Å². The summed E-state index contributed by atoms with van der Waals surface area (Å²) >= 11 is 0. The predicted molar refractivity (Wildman–Crippen MR) is 66.2 cm³/mol. The van der Waals surface area contributed by atoms with Crippen molar-refractivity contribution < 1.29 is 23.9 Å². The zero-order chi connectivity index (χ0) is 13.8. The number of carbonyl (C=O) groups is 1. The highest BCUT2D eigenvalue weighted by Crippen LogP contribution is 2.26. The van der Waals surface area contributed by atoms with Gasteiger partial charge in [-0.25, -0.2) is 4.79 Å². The molecule has 0 aliphatic rings. The number of nitrogens with zero attached hydrogens (tertiary/aromatic N) is 1. The maximum Gasteiger partial charge on any atom is 0.374 e. The number of hydrogen-bond acceptors (Lipinski definition) is 5. The largest absolute Gasteiger partial charge is 0.497 e. The molecule has 0 bridgehead atoms. The van der Waals surface area contributed by atoms with Gasteiger partial charge in [0.25, 0.3) is 0 Å². The average molecular weight is 263 g/mol. The van der Waals surface area contributed by atoms with Crippen LogP contribution in [-0.2, 0) is 11.3 Å². The molecule has 0 aliphatic heterocycles. The number of benzene rings is 1. The lowest BCUT2D eigenvalue weighted by molar-refractivity contribution is 0.0652. The van der Waals surface area contributed by atoms with Gasteiger partial charge in [-0.1, -0.05) is 5.16 Å². The fourth-order valence-electron chi connectivity index (χ4n) is 1.69. The summed E-state index contributed by atoms with van der Waals surface area (Å²) in [6.45, 7) is 0.424. The zero-order valence-electron chi connectivity index (χ0n) is 10.5. The van der Waals surface area contributed by atoms with Gasteiger partial charge in [-0.05, 0) is 23.8 Å². The van der Waals surface area contributed by atoms with Crippen LogP contribution in [0.5, 0.6) is 5.75 Å². The third-order valence-electron chi connectivity index (χ3n) is 2.53. The maximum atomic E-state index is 10.8. The lowest BCUT2D eigenvalue weighted by Gasteiger charge is -2.06. The van der Waals surface area contributed by atoms with E-state index in [0.29, 0.717) is 23.6 Å². The van der Waals surface area contributed by atoms with Crippen LogP contribution in [0.25, 0.3) is 11.3 Å². The van der Waals surface area contributed by atoms with E-state index < -0.39 is 5.97 Å². The number of carboxylic acids is 1. The predicted octanol–water partition coefficient (Wildman–Crippen LogP) is 2.19. The molecule has 0 saturated carbocycles. The van der Waals surface area contributed by atoms with Crippen molar-refractivity contribution in [2.24, 2.45) is 0 Å². The number of rotatable bonds is 5. The van der Waals surface area contributed by atoms with Gasteiger partial charge < -0.3 is 19.1 Å². The van der Waals surface area contributed by atoms with E-state index in [1.54, 1.807) is 20.3 Å². The van der Waals surface area contributed by atoms with Crippen molar-refractivity contribution in [3.63, 3.8) is 0 Å². The fourth-order valence-corrected chi connectivity index (χ4v) is 1.69. The highest BCUT2D eigenvalue weighted by atomic mass is 16.5. The molecule has 2 aromatic rings. The summed E-state index contributed by atoms with van der Waals surface area (Å²) < 4.78 is 15.0. The molecule has 6 nitrogen and oxygen atoms in total. The Morgan fingerprint density at radius 1 is 1.32 bits per heavy atom. The molecule has 6 heteroatoms. The molecule has 0 amide bonds. The Morgan fingerprint density at radius 3 is 2.68 bits per heavy atom. The Bertz CT molecular complexity index is 590. The first-order chi connectivity index (χ1) is 9.13. The number of carboxylic acid groups (broad SMARTS) is 1. The maximum absolute atomic E-state index is 10.8. The first kappa shape index (κ1) is 13.1. The quantitative estimate of drug-likeness (QED) is 0.890. The third-order valence-corrected chi connectivity index (χ3v) is 2.53. The summed E-state index contributed by atoms with van der Waals surface area (Å²) in [6.07, 6.45) is 0. The summed E-state index contributed by atoms with van der Waals surface area (Å²) in [5, 5.41) is 12.5. The van der Waals surface area contributed by atoms with E-state index >= 15 is 0 Å². The second kappa shape index (κ2) is 5.53. The van der Waals surface area contributed by atoms with Gasteiger partial charge in [0.1, 0.15) is 11.4 Å². The van der Waals surface area contributed by atoms with Crippen LogP contribution in [0.15, 0.2) is 28.8 Å².